The number of nitrogens with zero attached hydrogens (tertiary/aromatic N) is 2. The maximum absolute atomic E-state index is 4.63. The zero-order valence-corrected chi connectivity index (χ0v) is 11.7. The molecule has 2 heterocycles. The zero-order chi connectivity index (χ0) is 12.8. The van der Waals surface area contributed by atoms with Crippen LogP contribution in [0.2, 0.25) is 0 Å². The minimum absolute atomic E-state index is 0.730. The van der Waals surface area contributed by atoms with E-state index in [1.165, 1.54) is 31.5 Å². The molecular formula is C15H25N3. The third kappa shape index (κ3) is 3.79. The molecule has 0 unspecified atom stereocenters. The molecule has 0 bridgehead atoms. The van der Waals surface area contributed by atoms with Gasteiger partial charge in [-0.15, -0.1) is 0 Å². The van der Waals surface area contributed by atoms with Crippen molar-refractivity contribution >= 4 is 0 Å². The average Bonchev–Trinajstić information content (AvgIpc) is 2.39. The van der Waals surface area contributed by atoms with Crippen LogP contribution in [0.15, 0.2) is 18.2 Å². The molecule has 100 valence electrons. The van der Waals surface area contributed by atoms with Crippen LogP contribution >= 0.6 is 0 Å². The second-order valence-electron chi connectivity index (χ2n) is 5.22. The van der Waals surface area contributed by atoms with Crippen LogP contribution in [0.1, 0.15) is 37.6 Å². The molecule has 3 heteroatoms. The number of aryl methyl sites for hydroxylation is 1. The average molecular weight is 247 g/mol. The third-order valence-corrected chi connectivity index (χ3v) is 3.65. The Bertz CT molecular complexity index is 359. The molecule has 0 aliphatic carbocycles. The van der Waals surface area contributed by atoms with Gasteiger partial charge in [0.1, 0.15) is 0 Å². The molecule has 1 fully saturated rings. The van der Waals surface area contributed by atoms with Gasteiger partial charge in [-0.3, -0.25) is 9.88 Å². The van der Waals surface area contributed by atoms with Gasteiger partial charge in [-0.2, -0.15) is 0 Å². The molecule has 1 aromatic rings. The first-order valence-corrected chi connectivity index (χ1v) is 7.17. The number of aromatic nitrogens is 1. The minimum Gasteiger partial charge on any atom is -0.317 e. The number of nitrogens with one attached hydrogen (secondary N) is 1. The molecule has 0 spiro atoms. The smallest absolute Gasteiger partial charge is 0.0547 e. The van der Waals surface area contributed by atoms with Gasteiger partial charge < -0.3 is 5.32 Å². The van der Waals surface area contributed by atoms with Crippen LogP contribution < -0.4 is 5.32 Å². The standard InChI is InChI=1S/C15H25N3/c1-3-11-18(15-7-9-16-10-8-15)12-14-6-4-5-13(2)17-14/h4-6,15-16H,3,7-12H2,1-2H3. The summed E-state index contributed by atoms with van der Waals surface area (Å²) in [7, 11) is 0. The molecule has 0 radical (unpaired) electrons. The normalized spacial score (nSPS) is 17.3. The summed E-state index contributed by atoms with van der Waals surface area (Å²) in [5.41, 5.74) is 2.33. The van der Waals surface area contributed by atoms with Crippen molar-refractivity contribution in [1.82, 2.24) is 15.2 Å². The SMILES string of the molecule is CCCN(Cc1cccc(C)n1)C1CCNCC1. The van der Waals surface area contributed by atoms with Crippen LogP contribution in [-0.4, -0.2) is 35.6 Å². The van der Waals surface area contributed by atoms with Crippen LogP contribution in [0.3, 0.4) is 0 Å². The van der Waals surface area contributed by atoms with E-state index in [2.05, 4.69) is 47.2 Å². The lowest BCUT2D eigenvalue weighted by molar-refractivity contribution is 0.152. The zero-order valence-electron chi connectivity index (χ0n) is 11.7. The van der Waals surface area contributed by atoms with E-state index in [9.17, 15) is 0 Å². The Morgan fingerprint density at radius 2 is 2.11 bits per heavy atom. The fraction of sp³-hybridized carbons (Fsp3) is 0.667. The second kappa shape index (κ2) is 6.86. The second-order valence-corrected chi connectivity index (χ2v) is 5.22. The van der Waals surface area contributed by atoms with E-state index in [0.29, 0.717) is 0 Å². The molecule has 1 N–H and O–H groups in total. The lowest BCUT2D eigenvalue weighted by atomic mass is 10.0. The molecule has 0 saturated carbocycles. The van der Waals surface area contributed by atoms with Gasteiger partial charge in [-0.25, -0.2) is 0 Å². The van der Waals surface area contributed by atoms with Gasteiger partial charge in [0, 0.05) is 18.3 Å². The number of hydrogen-bond donors (Lipinski definition) is 1. The van der Waals surface area contributed by atoms with Crippen molar-refractivity contribution in [1.29, 1.82) is 0 Å². The quantitative estimate of drug-likeness (QED) is 0.865. The van der Waals surface area contributed by atoms with Crippen molar-refractivity contribution in [3.05, 3.63) is 29.6 Å². The Balaban J connectivity index is 2.00. The predicted octanol–water partition coefficient (Wildman–Crippen LogP) is 2.35. The maximum atomic E-state index is 4.63. The van der Waals surface area contributed by atoms with Crippen molar-refractivity contribution in [3.8, 4) is 0 Å². The van der Waals surface area contributed by atoms with E-state index in [0.717, 1.165) is 31.4 Å². The number of piperidine rings is 1. The lowest BCUT2D eigenvalue weighted by Crippen LogP contribution is -2.43. The summed E-state index contributed by atoms with van der Waals surface area (Å²) in [6.07, 6.45) is 3.76. The highest BCUT2D eigenvalue weighted by Gasteiger charge is 2.20. The molecule has 1 aliphatic rings. The highest BCUT2D eigenvalue weighted by atomic mass is 15.2. The fourth-order valence-corrected chi connectivity index (χ4v) is 2.75. The molecule has 18 heavy (non-hydrogen) atoms. The van der Waals surface area contributed by atoms with Crippen LogP contribution in [0.5, 0.6) is 0 Å². The summed E-state index contributed by atoms with van der Waals surface area (Å²) in [4.78, 5) is 7.25. The predicted molar refractivity (Wildman–Crippen MR) is 75.6 cm³/mol. The Morgan fingerprint density at radius 3 is 2.78 bits per heavy atom. The van der Waals surface area contributed by atoms with E-state index in [1.54, 1.807) is 0 Å². The van der Waals surface area contributed by atoms with E-state index in [4.69, 9.17) is 0 Å². The van der Waals surface area contributed by atoms with Crippen molar-refractivity contribution < 1.29 is 0 Å². The first kappa shape index (κ1) is 13.5. The van der Waals surface area contributed by atoms with E-state index < -0.39 is 0 Å². The molecule has 1 saturated heterocycles. The van der Waals surface area contributed by atoms with Crippen molar-refractivity contribution in [2.45, 2.75) is 45.7 Å². The van der Waals surface area contributed by atoms with Gasteiger partial charge in [0.15, 0.2) is 0 Å². The van der Waals surface area contributed by atoms with Gasteiger partial charge in [-0.05, 0) is 58.0 Å². The fourth-order valence-electron chi connectivity index (χ4n) is 2.75. The number of rotatable bonds is 5. The maximum Gasteiger partial charge on any atom is 0.0547 e. The molecular weight excluding hydrogens is 222 g/mol. The topological polar surface area (TPSA) is 28.2 Å². The molecule has 3 nitrogen and oxygen atoms in total. The lowest BCUT2D eigenvalue weighted by Gasteiger charge is -2.34. The largest absolute Gasteiger partial charge is 0.317 e. The van der Waals surface area contributed by atoms with Gasteiger partial charge in [0.05, 0.1) is 5.69 Å². The molecule has 0 amide bonds. The molecule has 1 aliphatic heterocycles. The van der Waals surface area contributed by atoms with Crippen LogP contribution in [-0.2, 0) is 6.54 Å². The van der Waals surface area contributed by atoms with Gasteiger partial charge in [-0.1, -0.05) is 13.0 Å². The summed E-state index contributed by atoms with van der Waals surface area (Å²) in [5, 5.41) is 3.44. The summed E-state index contributed by atoms with van der Waals surface area (Å²) < 4.78 is 0. The molecule has 1 aromatic heterocycles. The van der Waals surface area contributed by atoms with Crippen LogP contribution in [0.25, 0.3) is 0 Å². The van der Waals surface area contributed by atoms with Crippen LogP contribution in [0, 0.1) is 6.92 Å². The van der Waals surface area contributed by atoms with E-state index in [-0.39, 0.29) is 0 Å². The van der Waals surface area contributed by atoms with Crippen molar-refractivity contribution in [3.63, 3.8) is 0 Å². The van der Waals surface area contributed by atoms with E-state index in [1.807, 2.05) is 0 Å². The third-order valence-electron chi connectivity index (χ3n) is 3.65. The Hall–Kier alpha value is -0.930. The summed E-state index contributed by atoms with van der Waals surface area (Å²) in [5.74, 6) is 0. The first-order valence-electron chi connectivity index (χ1n) is 7.17. The van der Waals surface area contributed by atoms with Crippen molar-refractivity contribution in [2.24, 2.45) is 0 Å². The molecule has 2 rings (SSSR count). The Labute approximate surface area is 111 Å². The highest BCUT2D eigenvalue weighted by molar-refractivity contribution is 5.10. The Kier molecular flexibility index (Phi) is 5.14. The van der Waals surface area contributed by atoms with Crippen LogP contribution in [0.4, 0.5) is 0 Å². The minimum atomic E-state index is 0.730. The van der Waals surface area contributed by atoms with E-state index >= 15 is 0 Å². The first-order chi connectivity index (χ1) is 8.79. The molecule has 0 aromatic carbocycles. The Morgan fingerprint density at radius 1 is 1.33 bits per heavy atom. The monoisotopic (exact) mass is 247 g/mol. The van der Waals surface area contributed by atoms with Gasteiger partial charge >= 0.3 is 0 Å². The summed E-state index contributed by atoms with van der Waals surface area (Å²) in [6.45, 7) is 8.83. The highest BCUT2D eigenvalue weighted by Crippen LogP contribution is 2.15. The van der Waals surface area contributed by atoms with Gasteiger partial charge in [0.2, 0.25) is 0 Å². The summed E-state index contributed by atoms with van der Waals surface area (Å²) >= 11 is 0. The summed E-state index contributed by atoms with van der Waals surface area (Å²) in [6, 6.07) is 7.06. The van der Waals surface area contributed by atoms with Gasteiger partial charge in [0.25, 0.3) is 0 Å². The number of pyridine rings is 1. The number of hydrogen-bond acceptors (Lipinski definition) is 3. The van der Waals surface area contributed by atoms with Crippen molar-refractivity contribution in [2.75, 3.05) is 19.6 Å². The molecule has 0 atom stereocenters.